The Morgan fingerprint density at radius 1 is 1.25 bits per heavy atom. The normalized spacial score (nSPS) is 10.6. The van der Waals surface area contributed by atoms with Crippen molar-refractivity contribution in [1.82, 2.24) is 20.1 Å². The number of hydrogen-bond acceptors (Lipinski definition) is 3. The lowest BCUT2D eigenvalue weighted by molar-refractivity contribution is 0.0948. The Morgan fingerprint density at radius 3 is 2.71 bits per heavy atom. The van der Waals surface area contributed by atoms with Gasteiger partial charge in [0.1, 0.15) is 5.82 Å². The number of halogens is 1. The van der Waals surface area contributed by atoms with Crippen molar-refractivity contribution in [3.8, 4) is 16.9 Å². The van der Waals surface area contributed by atoms with Crippen molar-refractivity contribution in [2.75, 3.05) is 6.54 Å². The minimum absolute atomic E-state index is 0.233. The van der Waals surface area contributed by atoms with E-state index in [9.17, 15) is 9.18 Å². The number of hydrogen-bond donors (Lipinski definition) is 1. The van der Waals surface area contributed by atoms with Gasteiger partial charge in [0.05, 0.1) is 11.4 Å². The Morgan fingerprint density at radius 2 is 2.04 bits per heavy atom. The SMILES string of the molecule is CCCNC(=O)c1cc(-c2cccnc2)n(-c2ccc(F)cc2)n1. The van der Waals surface area contributed by atoms with Crippen molar-refractivity contribution in [2.45, 2.75) is 13.3 Å². The number of rotatable bonds is 5. The summed E-state index contributed by atoms with van der Waals surface area (Å²) in [5, 5.41) is 7.20. The molecule has 1 N–H and O–H groups in total. The zero-order valence-corrected chi connectivity index (χ0v) is 13.2. The number of benzene rings is 1. The molecule has 0 aliphatic carbocycles. The maximum absolute atomic E-state index is 13.2. The summed E-state index contributed by atoms with van der Waals surface area (Å²) in [7, 11) is 0. The molecule has 2 aromatic heterocycles. The van der Waals surface area contributed by atoms with Crippen LogP contribution in [0, 0.1) is 5.82 Å². The van der Waals surface area contributed by atoms with E-state index in [1.54, 1.807) is 35.3 Å². The minimum Gasteiger partial charge on any atom is -0.351 e. The molecule has 0 aliphatic rings. The topological polar surface area (TPSA) is 59.8 Å². The fourth-order valence-corrected chi connectivity index (χ4v) is 2.32. The third-order valence-electron chi connectivity index (χ3n) is 3.51. The van der Waals surface area contributed by atoms with Crippen LogP contribution < -0.4 is 5.32 Å². The van der Waals surface area contributed by atoms with E-state index in [2.05, 4.69) is 15.4 Å². The van der Waals surface area contributed by atoms with Gasteiger partial charge in [-0.15, -0.1) is 0 Å². The van der Waals surface area contributed by atoms with Gasteiger partial charge in [-0.25, -0.2) is 9.07 Å². The van der Waals surface area contributed by atoms with Gasteiger partial charge in [0, 0.05) is 24.5 Å². The van der Waals surface area contributed by atoms with E-state index in [4.69, 9.17) is 0 Å². The molecule has 24 heavy (non-hydrogen) atoms. The second-order valence-electron chi connectivity index (χ2n) is 5.30. The van der Waals surface area contributed by atoms with Crippen LogP contribution in [0.5, 0.6) is 0 Å². The fraction of sp³-hybridized carbons (Fsp3) is 0.167. The maximum atomic E-state index is 13.2. The van der Waals surface area contributed by atoms with Gasteiger partial charge in [0.2, 0.25) is 0 Å². The summed E-state index contributed by atoms with van der Waals surface area (Å²) in [4.78, 5) is 16.3. The molecule has 0 radical (unpaired) electrons. The van der Waals surface area contributed by atoms with Gasteiger partial charge >= 0.3 is 0 Å². The zero-order chi connectivity index (χ0) is 16.9. The minimum atomic E-state index is -0.324. The molecule has 0 fully saturated rings. The predicted octanol–water partition coefficient (Wildman–Crippen LogP) is 3.21. The summed E-state index contributed by atoms with van der Waals surface area (Å²) in [6, 6.07) is 11.4. The smallest absolute Gasteiger partial charge is 0.271 e. The lowest BCUT2D eigenvalue weighted by Gasteiger charge is -2.07. The molecule has 0 bridgehead atoms. The molecule has 0 aliphatic heterocycles. The van der Waals surface area contributed by atoms with E-state index in [0.717, 1.165) is 17.7 Å². The Hall–Kier alpha value is -3.02. The molecular formula is C18H17FN4O. The first-order valence-corrected chi connectivity index (χ1v) is 7.73. The molecular weight excluding hydrogens is 307 g/mol. The summed E-state index contributed by atoms with van der Waals surface area (Å²) in [6.07, 6.45) is 4.22. The van der Waals surface area contributed by atoms with Crippen molar-refractivity contribution in [3.05, 3.63) is 66.4 Å². The van der Waals surface area contributed by atoms with Crippen molar-refractivity contribution >= 4 is 5.91 Å². The van der Waals surface area contributed by atoms with Gasteiger partial charge in [-0.2, -0.15) is 5.10 Å². The van der Waals surface area contributed by atoms with E-state index >= 15 is 0 Å². The molecule has 122 valence electrons. The van der Waals surface area contributed by atoms with Gasteiger partial charge in [0.15, 0.2) is 5.69 Å². The van der Waals surface area contributed by atoms with E-state index < -0.39 is 0 Å². The van der Waals surface area contributed by atoms with Crippen molar-refractivity contribution < 1.29 is 9.18 Å². The first kappa shape index (κ1) is 15.9. The lowest BCUT2D eigenvalue weighted by atomic mass is 10.2. The number of aromatic nitrogens is 3. The van der Waals surface area contributed by atoms with Crippen LogP contribution in [0.3, 0.4) is 0 Å². The maximum Gasteiger partial charge on any atom is 0.271 e. The Kier molecular flexibility index (Phi) is 4.65. The molecule has 3 rings (SSSR count). The molecule has 0 saturated carbocycles. The molecule has 2 heterocycles. The third-order valence-corrected chi connectivity index (χ3v) is 3.51. The Labute approximate surface area is 139 Å². The van der Waals surface area contributed by atoms with E-state index in [1.807, 2.05) is 19.1 Å². The quantitative estimate of drug-likeness (QED) is 0.784. The van der Waals surface area contributed by atoms with Gasteiger partial charge in [-0.1, -0.05) is 6.92 Å². The number of carbonyl (C=O) groups is 1. The standard InChI is InChI=1S/C18H17FN4O/c1-2-9-21-18(24)16-11-17(13-4-3-10-20-12-13)23(22-16)15-7-5-14(19)6-8-15/h3-8,10-12H,2,9H2,1H3,(H,21,24). The summed E-state index contributed by atoms with van der Waals surface area (Å²) in [6.45, 7) is 2.57. The van der Waals surface area contributed by atoms with Crippen LogP contribution >= 0.6 is 0 Å². The molecule has 1 aromatic carbocycles. The summed E-state index contributed by atoms with van der Waals surface area (Å²) < 4.78 is 14.8. The molecule has 6 heteroatoms. The average molecular weight is 324 g/mol. The Balaban J connectivity index is 2.06. The zero-order valence-electron chi connectivity index (χ0n) is 13.2. The van der Waals surface area contributed by atoms with Crippen LogP contribution in [0.1, 0.15) is 23.8 Å². The molecule has 1 amide bonds. The van der Waals surface area contributed by atoms with Crippen LogP contribution in [0.4, 0.5) is 4.39 Å². The number of nitrogens with zero attached hydrogens (tertiary/aromatic N) is 3. The van der Waals surface area contributed by atoms with Crippen molar-refractivity contribution in [3.63, 3.8) is 0 Å². The number of amides is 1. The molecule has 0 atom stereocenters. The molecule has 5 nitrogen and oxygen atoms in total. The molecule has 0 unspecified atom stereocenters. The van der Waals surface area contributed by atoms with Gasteiger partial charge in [0.25, 0.3) is 5.91 Å². The van der Waals surface area contributed by atoms with Gasteiger partial charge in [-0.3, -0.25) is 9.78 Å². The van der Waals surface area contributed by atoms with Crippen LogP contribution in [-0.2, 0) is 0 Å². The fourth-order valence-electron chi connectivity index (χ4n) is 2.32. The molecule has 3 aromatic rings. The first-order chi connectivity index (χ1) is 11.7. The Bertz CT molecular complexity index is 828. The predicted molar refractivity (Wildman–Crippen MR) is 89.4 cm³/mol. The summed E-state index contributed by atoms with van der Waals surface area (Å²) in [5.41, 5.74) is 2.52. The largest absolute Gasteiger partial charge is 0.351 e. The van der Waals surface area contributed by atoms with E-state index in [1.165, 1.54) is 12.1 Å². The molecule has 0 saturated heterocycles. The van der Waals surface area contributed by atoms with E-state index in [0.29, 0.717) is 17.9 Å². The number of carbonyl (C=O) groups excluding carboxylic acids is 1. The highest BCUT2D eigenvalue weighted by Crippen LogP contribution is 2.23. The third kappa shape index (κ3) is 3.32. The van der Waals surface area contributed by atoms with Crippen LogP contribution in [-0.4, -0.2) is 27.2 Å². The van der Waals surface area contributed by atoms with Crippen molar-refractivity contribution in [1.29, 1.82) is 0 Å². The van der Waals surface area contributed by atoms with Crippen LogP contribution in [0.25, 0.3) is 16.9 Å². The number of pyridine rings is 1. The molecule has 0 spiro atoms. The van der Waals surface area contributed by atoms with Crippen LogP contribution in [0.2, 0.25) is 0 Å². The summed E-state index contributed by atoms with van der Waals surface area (Å²) in [5.74, 6) is -0.558. The van der Waals surface area contributed by atoms with Gasteiger partial charge < -0.3 is 5.32 Å². The first-order valence-electron chi connectivity index (χ1n) is 7.73. The van der Waals surface area contributed by atoms with Crippen LogP contribution in [0.15, 0.2) is 54.9 Å². The second-order valence-corrected chi connectivity index (χ2v) is 5.30. The average Bonchev–Trinajstić information content (AvgIpc) is 3.06. The highest BCUT2D eigenvalue weighted by molar-refractivity contribution is 5.93. The number of nitrogens with one attached hydrogen (secondary N) is 1. The lowest BCUT2D eigenvalue weighted by Crippen LogP contribution is -2.24. The second kappa shape index (κ2) is 7.04. The summed E-state index contributed by atoms with van der Waals surface area (Å²) >= 11 is 0. The van der Waals surface area contributed by atoms with E-state index in [-0.39, 0.29) is 11.7 Å². The highest BCUT2D eigenvalue weighted by atomic mass is 19.1. The highest BCUT2D eigenvalue weighted by Gasteiger charge is 2.16. The van der Waals surface area contributed by atoms with Gasteiger partial charge in [-0.05, 0) is 48.9 Å². The van der Waals surface area contributed by atoms with Crippen molar-refractivity contribution in [2.24, 2.45) is 0 Å². The monoisotopic (exact) mass is 324 g/mol.